The van der Waals surface area contributed by atoms with Crippen molar-refractivity contribution < 1.29 is 22.3 Å². The molecule has 0 N–H and O–H groups in total. The van der Waals surface area contributed by atoms with Crippen LogP contribution in [0.25, 0.3) is 10.2 Å². The number of thiazole rings is 1. The van der Waals surface area contributed by atoms with E-state index in [4.69, 9.17) is 4.74 Å². The number of fused-ring (bicyclic) bond motifs is 1. The Morgan fingerprint density at radius 2 is 1.77 bits per heavy atom. The first-order chi connectivity index (χ1) is 16.8. The molecular weight excluding hydrogens is 489 g/mol. The zero-order valence-electron chi connectivity index (χ0n) is 19.9. The highest BCUT2D eigenvalue weighted by Crippen LogP contribution is 2.30. The zero-order chi connectivity index (χ0) is 25.0. The van der Waals surface area contributed by atoms with Crippen LogP contribution in [0.4, 0.5) is 4.39 Å². The molecule has 0 atom stereocenters. The summed E-state index contributed by atoms with van der Waals surface area (Å²) in [5.74, 6) is -0.425. The fourth-order valence-corrected chi connectivity index (χ4v) is 6.73. The number of rotatable bonds is 9. The Morgan fingerprint density at radius 1 is 1.11 bits per heavy atom. The molecule has 0 aliphatic carbocycles. The molecule has 1 saturated heterocycles. The van der Waals surface area contributed by atoms with Crippen LogP contribution in [0.5, 0.6) is 5.19 Å². The third-order valence-corrected chi connectivity index (χ3v) is 8.83. The predicted molar refractivity (Wildman–Crippen MR) is 135 cm³/mol. The molecule has 1 aromatic heterocycles. The maximum Gasteiger partial charge on any atom is 0.274 e. The van der Waals surface area contributed by atoms with Crippen molar-refractivity contribution in [2.75, 3.05) is 26.2 Å². The minimum atomic E-state index is -3.58. The molecule has 1 fully saturated rings. The Balaban J connectivity index is 1.35. The minimum absolute atomic E-state index is 0.0694. The van der Waals surface area contributed by atoms with Crippen molar-refractivity contribution in [2.45, 2.75) is 50.5 Å². The number of benzene rings is 2. The van der Waals surface area contributed by atoms with Gasteiger partial charge in [-0.1, -0.05) is 25.2 Å². The Labute approximate surface area is 209 Å². The molecule has 4 rings (SSSR count). The van der Waals surface area contributed by atoms with E-state index >= 15 is 0 Å². The molecule has 0 bridgehead atoms. The summed E-state index contributed by atoms with van der Waals surface area (Å²) in [4.78, 5) is 19.4. The second-order valence-corrected chi connectivity index (χ2v) is 11.6. The Kier molecular flexibility index (Phi) is 8.03. The van der Waals surface area contributed by atoms with Crippen molar-refractivity contribution >= 4 is 37.5 Å². The summed E-state index contributed by atoms with van der Waals surface area (Å²) in [6.45, 7) is 5.92. The molecule has 2 aromatic carbocycles. The van der Waals surface area contributed by atoms with Crippen molar-refractivity contribution in [3.63, 3.8) is 0 Å². The Hall–Kier alpha value is -2.56. The lowest BCUT2D eigenvalue weighted by Gasteiger charge is -2.31. The van der Waals surface area contributed by atoms with Gasteiger partial charge in [0.2, 0.25) is 10.0 Å². The SMILES string of the molecule is CCCN(CCC)S(=O)(=O)c1ccc(C(=O)N2CCC(Oc3nc4ccc(F)cc4s3)CC2)cc1. The lowest BCUT2D eigenvalue weighted by atomic mass is 10.1. The van der Waals surface area contributed by atoms with Crippen LogP contribution in [0.1, 0.15) is 49.9 Å². The lowest BCUT2D eigenvalue weighted by Crippen LogP contribution is -2.41. The molecule has 0 saturated carbocycles. The molecule has 7 nitrogen and oxygen atoms in total. The number of amides is 1. The van der Waals surface area contributed by atoms with E-state index in [2.05, 4.69) is 4.98 Å². The summed E-state index contributed by atoms with van der Waals surface area (Å²) in [7, 11) is -3.58. The average molecular weight is 520 g/mol. The van der Waals surface area contributed by atoms with Crippen molar-refractivity contribution in [2.24, 2.45) is 0 Å². The van der Waals surface area contributed by atoms with Crippen molar-refractivity contribution in [1.82, 2.24) is 14.2 Å². The molecule has 0 spiro atoms. The molecule has 10 heteroatoms. The second kappa shape index (κ2) is 11.0. The molecule has 1 amide bonds. The zero-order valence-corrected chi connectivity index (χ0v) is 21.6. The standard InChI is InChI=1S/C25H30FN3O4S2/c1-3-13-29(14-4-2)35(31,32)21-8-5-18(6-9-21)24(30)28-15-11-20(12-16-28)33-25-27-22-10-7-19(26)17-23(22)34-25/h5-10,17,20H,3-4,11-16H2,1-2H3. The molecule has 188 valence electrons. The van der Waals surface area contributed by atoms with Gasteiger partial charge in [-0.2, -0.15) is 4.31 Å². The quantitative estimate of drug-likeness (QED) is 0.401. The van der Waals surface area contributed by atoms with Crippen molar-refractivity contribution in [3.05, 3.63) is 53.8 Å². The number of sulfonamides is 1. The number of hydrogen-bond donors (Lipinski definition) is 0. The van der Waals surface area contributed by atoms with E-state index in [-0.39, 0.29) is 22.7 Å². The van der Waals surface area contributed by atoms with Crippen LogP contribution in [0.3, 0.4) is 0 Å². The number of aromatic nitrogens is 1. The van der Waals surface area contributed by atoms with Gasteiger partial charge in [0.25, 0.3) is 11.1 Å². The number of halogens is 1. The molecule has 2 heterocycles. The summed E-state index contributed by atoms with van der Waals surface area (Å²) < 4.78 is 47.6. The number of likely N-dealkylation sites (tertiary alicyclic amines) is 1. The summed E-state index contributed by atoms with van der Waals surface area (Å²) in [6, 6.07) is 10.7. The Morgan fingerprint density at radius 3 is 2.40 bits per heavy atom. The van der Waals surface area contributed by atoms with E-state index in [0.29, 0.717) is 55.3 Å². The van der Waals surface area contributed by atoms with Gasteiger partial charge in [-0.3, -0.25) is 4.79 Å². The third kappa shape index (κ3) is 5.82. The minimum Gasteiger partial charge on any atom is -0.467 e. The maximum absolute atomic E-state index is 13.4. The van der Waals surface area contributed by atoms with Crippen molar-refractivity contribution in [1.29, 1.82) is 0 Å². The van der Waals surface area contributed by atoms with Gasteiger partial charge in [0.1, 0.15) is 11.9 Å². The maximum atomic E-state index is 13.4. The van der Waals surface area contributed by atoms with E-state index in [1.165, 1.54) is 39.9 Å². The van der Waals surface area contributed by atoms with Crippen LogP contribution in [0.15, 0.2) is 47.4 Å². The first-order valence-corrected chi connectivity index (χ1v) is 14.2. The van der Waals surface area contributed by atoms with Gasteiger partial charge >= 0.3 is 0 Å². The van der Waals surface area contributed by atoms with Gasteiger partial charge in [0, 0.05) is 44.6 Å². The summed E-state index contributed by atoms with van der Waals surface area (Å²) in [5.41, 5.74) is 1.17. The average Bonchev–Trinajstić information content (AvgIpc) is 3.25. The second-order valence-electron chi connectivity index (χ2n) is 8.63. The fraction of sp³-hybridized carbons (Fsp3) is 0.440. The highest BCUT2D eigenvalue weighted by Gasteiger charge is 2.27. The largest absolute Gasteiger partial charge is 0.467 e. The van der Waals surface area contributed by atoms with Crippen LogP contribution >= 0.6 is 11.3 Å². The van der Waals surface area contributed by atoms with Gasteiger partial charge in [-0.25, -0.2) is 17.8 Å². The number of hydrogen-bond acceptors (Lipinski definition) is 6. The number of ether oxygens (including phenoxy) is 1. The number of nitrogens with zero attached hydrogens (tertiary/aromatic N) is 3. The van der Waals surface area contributed by atoms with Crippen molar-refractivity contribution in [3.8, 4) is 5.19 Å². The predicted octanol–water partition coefficient (Wildman–Crippen LogP) is 4.93. The molecule has 1 aliphatic heterocycles. The fourth-order valence-electron chi connectivity index (χ4n) is 4.20. The van der Waals surface area contributed by atoms with E-state index in [1.54, 1.807) is 23.1 Å². The first-order valence-electron chi connectivity index (χ1n) is 11.9. The lowest BCUT2D eigenvalue weighted by molar-refractivity contribution is 0.0595. The van der Waals surface area contributed by atoms with E-state index in [0.717, 1.165) is 17.5 Å². The molecular formula is C25H30FN3O4S2. The van der Waals surface area contributed by atoms with Gasteiger partial charge in [0.05, 0.1) is 15.1 Å². The smallest absolute Gasteiger partial charge is 0.274 e. The van der Waals surface area contributed by atoms with Gasteiger partial charge in [0.15, 0.2) is 0 Å². The highest BCUT2D eigenvalue weighted by atomic mass is 32.2. The normalized spacial score (nSPS) is 15.1. The van der Waals surface area contributed by atoms with E-state index < -0.39 is 10.0 Å². The van der Waals surface area contributed by atoms with Crippen LogP contribution < -0.4 is 4.74 Å². The molecule has 3 aromatic rings. The molecule has 0 unspecified atom stereocenters. The topological polar surface area (TPSA) is 79.8 Å². The number of carbonyl (C=O) groups excluding carboxylic acids is 1. The van der Waals surface area contributed by atoms with Crippen LogP contribution in [0, 0.1) is 5.82 Å². The van der Waals surface area contributed by atoms with Crippen LogP contribution in [0.2, 0.25) is 0 Å². The van der Waals surface area contributed by atoms with Crippen LogP contribution in [-0.2, 0) is 10.0 Å². The molecule has 1 aliphatic rings. The molecule has 35 heavy (non-hydrogen) atoms. The first kappa shape index (κ1) is 25.5. The summed E-state index contributed by atoms with van der Waals surface area (Å²) in [5, 5.41) is 0.507. The Bertz CT molecular complexity index is 1260. The third-order valence-electron chi connectivity index (χ3n) is 6.01. The van der Waals surface area contributed by atoms with Crippen LogP contribution in [-0.4, -0.2) is 60.8 Å². The van der Waals surface area contributed by atoms with E-state index in [9.17, 15) is 17.6 Å². The molecule has 0 radical (unpaired) electrons. The summed E-state index contributed by atoms with van der Waals surface area (Å²) in [6.07, 6.45) is 2.73. The summed E-state index contributed by atoms with van der Waals surface area (Å²) >= 11 is 1.31. The van der Waals surface area contributed by atoms with Gasteiger partial charge < -0.3 is 9.64 Å². The monoisotopic (exact) mass is 519 g/mol. The number of piperidine rings is 1. The number of carbonyl (C=O) groups is 1. The highest BCUT2D eigenvalue weighted by molar-refractivity contribution is 7.89. The van der Waals surface area contributed by atoms with Gasteiger partial charge in [-0.05, 0) is 55.3 Å². The van der Waals surface area contributed by atoms with E-state index in [1.807, 2.05) is 13.8 Å². The van der Waals surface area contributed by atoms with Gasteiger partial charge in [-0.15, -0.1) is 0 Å².